The van der Waals surface area contributed by atoms with Crippen molar-refractivity contribution in [2.45, 2.75) is 59.8 Å². The molecule has 0 saturated heterocycles. The molecule has 12 nitrogen and oxygen atoms in total. The summed E-state index contributed by atoms with van der Waals surface area (Å²) < 4.78 is 22.1. The zero-order chi connectivity index (χ0) is 26.8. The molecule has 12 heteroatoms. The highest BCUT2D eigenvalue weighted by atomic mass is 16.5. The molecule has 0 aliphatic heterocycles. The minimum absolute atomic E-state index is 0.0314. The summed E-state index contributed by atoms with van der Waals surface area (Å²) in [7, 11) is 0. The molecule has 8 N–H and O–H groups in total. The normalized spacial score (nSPS) is 10.4. The first-order valence-electron chi connectivity index (χ1n) is 11.5. The average Bonchev–Trinajstić information content (AvgIpc) is 2.76. The van der Waals surface area contributed by atoms with Gasteiger partial charge in [-0.3, -0.25) is 19.2 Å². The van der Waals surface area contributed by atoms with E-state index in [9.17, 15) is 19.2 Å². The zero-order valence-electron chi connectivity index (χ0n) is 21.3. The van der Waals surface area contributed by atoms with Gasteiger partial charge in [-0.15, -0.1) is 0 Å². The van der Waals surface area contributed by atoms with E-state index in [1.807, 2.05) is 13.8 Å². The van der Waals surface area contributed by atoms with Gasteiger partial charge in [0.05, 0.1) is 58.3 Å². The minimum Gasteiger partial charge on any atom is -0.380 e. The van der Waals surface area contributed by atoms with Crippen molar-refractivity contribution in [2.75, 3.05) is 52.9 Å². The first-order valence-corrected chi connectivity index (χ1v) is 11.5. The van der Waals surface area contributed by atoms with Crippen molar-refractivity contribution >= 4 is 23.6 Å². The molecule has 0 fully saturated rings. The fourth-order valence-electron chi connectivity index (χ4n) is 2.10. The van der Waals surface area contributed by atoms with Crippen LogP contribution in [0.1, 0.15) is 59.8 Å². The number of carbonyl (C=O) groups is 4. The fourth-order valence-corrected chi connectivity index (χ4v) is 2.10. The number of hydrogen-bond acceptors (Lipinski definition) is 8. The van der Waals surface area contributed by atoms with E-state index in [-0.39, 0.29) is 78.5 Å². The van der Waals surface area contributed by atoms with Crippen LogP contribution in [0.2, 0.25) is 0 Å². The van der Waals surface area contributed by atoms with Crippen molar-refractivity contribution in [1.82, 2.24) is 0 Å². The molecule has 0 aliphatic carbocycles. The Labute approximate surface area is 203 Å². The maximum absolute atomic E-state index is 10.9. The van der Waals surface area contributed by atoms with E-state index < -0.39 is 29.0 Å². The number of nitrogens with two attached hydrogens (primary N) is 4. The quantitative estimate of drug-likeness (QED) is 0.169. The van der Waals surface area contributed by atoms with Crippen molar-refractivity contribution in [3.63, 3.8) is 0 Å². The minimum atomic E-state index is -0.843. The molecule has 0 aliphatic rings. The average molecular weight is 495 g/mol. The first-order chi connectivity index (χ1) is 16.1. The van der Waals surface area contributed by atoms with E-state index in [0.717, 1.165) is 0 Å². The molecule has 0 spiro atoms. The second-order valence-electron chi connectivity index (χ2n) is 7.28. The summed E-state index contributed by atoms with van der Waals surface area (Å²) in [6, 6.07) is 0. The Kier molecular flexibility index (Phi) is 27.1. The topological polar surface area (TPSA) is 209 Å². The van der Waals surface area contributed by atoms with Gasteiger partial charge in [0.25, 0.3) is 0 Å². The van der Waals surface area contributed by atoms with Crippen molar-refractivity contribution in [1.29, 1.82) is 0 Å². The monoisotopic (exact) mass is 494 g/mol. The van der Waals surface area contributed by atoms with Crippen molar-refractivity contribution in [2.24, 2.45) is 28.3 Å². The maximum atomic E-state index is 10.9. The maximum Gasteiger partial charge on any atom is 0.219 e. The lowest BCUT2D eigenvalue weighted by atomic mass is 9.92. The largest absolute Gasteiger partial charge is 0.380 e. The number of ether oxygens (including phenoxy) is 4. The van der Waals surface area contributed by atoms with E-state index >= 15 is 0 Å². The lowest BCUT2D eigenvalue weighted by molar-refractivity contribution is -0.126. The highest BCUT2D eigenvalue weighted by Gasteiger charge is 2.32. The second-order valence-corrected chi connectivity index (χ2v) is 7.28. The standard InChI is InChI=1S/C17H32N4O8.C3H8.C2H6/c18-13(22)1-5-26-9-17(10-27-6-2-14(19)23,11-28-7-3-15(20)24)12-29-8-4-16(21)25;1-3-2;1-2/h1-12H2,(H2,18,22)(H2,19,23)(H2,20,24)(H2,21,25);3H2,1-2H3;1-2H3. The van der Waals surface area contributed by atoms with Gasteiger partial charge in [-0.1, -0.05) is 34.1 Å². The molecule has 34 heavy (non-hydrogen) atoms. The summed E-state index contributed by atoms with van der Waals surface area (Å²) >= 11 is 0. The van der Waals surface area contributed by atoms with Gasteiger partial charge in [-0.2, -0.15) is 0 Å². The number of rotatable bonds is 20. The van der Waals surface area contributed by atoms with E-state index in [4.69, 9.17) is 41.9 Å². The molecule has 0 rings (SSSR count). The van der Waals surface area contributed by atoms with Crippen LogP contribution in [0.25, 0.3) is 0 Å². The molecule has 4 amide bonds. The van der Waals surface area contributed by atoms with Crippen LogP contribution in [0.15, 0.2) is 0 Å². The van der Waals surface area contributed by atoms with Gasteiger partial charge in [0.15, 0.2) is 0 Å². The molecular weight excluding hydrogens is 448 g/mol. The van der Waals surface area contributed by atoms with Crippen LogP contribution in [0.3, 0.4) is 0 Å². The van der Waals surface area contributed by atoms with Crippen molar-refractivity contribution in [3.05, 3.63) is 0 Å². The molecule has 0 unspecified atom stereocenters. The van der Waals surface area contributed by atoms with Crippen LogP contribution in [0.4, 0.5) is 0 Å². The Morgan fingerprint density at radius 1 is 0.529 bits per heavy atom. The Bertz CT molecular complexity index is 453. The smallest absolute Gasteiger partial charge is 0.219 e. The fraction of sp³-hybridized carbons (Fsp3) is 0.818. The molecule has 0 radical (unpaired) electrons. The van der Waals surface area contributed by atoms with E-state index in [1.54, 1.807) is 0 Å². The lowest BCUT2D eigenvalue weighted by Crippen LogP contribution is -2.42. The SMILES string of the molecule is CC.CCC.NC(=O)CCOCC(COCCC(N)=O)(COCCC(N)=O)COCCC(N)=O. The van der Waals surface area contributed by atoms with Gasteiger partial charge < -0.3 is 41.9 Å². The van der Waals surface area contributed by atoms with E-state index in [0.29, 0.717) is 0 Å². The van der Waals surface area contributed by atoms with Crippen molar-refractivity contribution < 1.29 is 38.1 Å². The highest BCUT2D eigenvalue weighted by Crippen LogP contribution is 2.21. The van der Waals surface area contributed by atoms with Crippen LogP contribution in [0.5, 0.6) is 0 Å². The van der Waals surface area contributed by atoms with Gasteiger partial charge in [0.2, 0.25) is 23.6 Å². The third-order valence-corrected chi connectivity index (χ3v) is 3.60. The van der Waals surface area contributed by atoms with Gasteiger partial charge in [-0.25, -0.2) is 0 Å². The summed E-state index contributed by atoms with van der Waals surface area (Å²) in [4.78, 5) is 43.5. The Morgan fingerprint density at radius 2 is 0.706 bits per heavy atom. The van der Waals surface area contributed by atoms with Crippen LogP contribution in [-0.4, -0.2) is 76.5 Å². The first kappa shape index (κ1) is 36.3. The Hall–Kier alpha value is -2.28. The van der Waals surface area contributed by atoms with Crippen molar-refractivity contribution in [3.8, 4) is 0 Å². The highest BCUT2D eigenvalue weighted by molar-refractivity contribution is 5.74. The second kappa shape index (κ2) is 25.3. The number of primary amides is 4. The third-order valence-electron chi connectivity index (χ3n) is 3.60. The van der Waals surface area contributed by atoms with Gasteiger partial charge >= 0.3 is 0 Å². The summed E-state index contributed by atoms with van der Waals surface area (Å²) in [5.74, 6) is -2.04. The zero-order valence-corrected chi connectivity index (χ0v) is 21.3. The molecule has 0 heterocycles. The van der Waals surface area contributed by atoms with Gasteiger partial charge in [0.1, 0.15) is 0 Å². The van der Waals surface area contributed by atoms with Crippen LogP contribution < -0.4 is 22.9 Å². The third kappa shape index (κ3) is 27.8. The van der Waals surface area contributed by atoms with Gasteiger partial charge in [0, 0.05) is 25.7 Å². The molecule has 202 valence electrons. The number of hydrogen-bond donors (Lipinski definition) is 4. The lowest BCUT2D eigenvalue weighted by Gasteiger charge is -2.33. The number of carbonyl (C=O) groups excluding carboxylic acids is 4. The summed E-state index contributed by atoms with van der Waals surface area (Å²) in [6.45, 7) is 8.88. The van der Waals surface area contributed by atoms with Crippen LogP contribution in [-0.2, 0) is 38.1 Å². The van der Waals surface area contributed by atoms with Gasteiger partial charge in [-0.05, 0) is 0 Å². The molecule has 0 aromatic rings. The van der Waals surface area contributed by atoms with Crippen LogP contribution in [0, 0.1) is 5.41 Å². The number of amides is 4. The van der Waals surface area contributed by atoms with Crippen LogP contribution >= 0.6 is 0 Å². The predicted octanol–water partition coefficient (Wildman–Crippen LogP) is -0.0167. The predicted molar refractivity (Wildman–Crippen MR) is 128 cm³/mol. The van der Waals surface area contributed by atoms with E-state index in [2.05, 4.69) is 13.8 Å². The molecule has 0 atom stereocenters. The summed E-state index contributed by atoms with van der Waals surface area (Å²) in [5.41, 5.74) is 19.5. The molecule has 0 aromatic carbocycles. The molecule has 0 aromatic heterocycles. The summed E-state index contributed by atoms with van der Waals surface area (Å²) in [6.07, 6.45) is 1.38. The molecule has 0 saturated carbocycles. The Morgan fingerprint density at radius 3 is 0.853 bits per heavy atom. The van der Waals surface area contributed by atoms with E-state index in [1.165, 1.54) is 6.42 Å². The Balaban J connectivity index is -0.00000177. The molecule has 0 bridgehead atoms. The molecular formula is C22H46N4O8. The summed E-state index contributed by atoms with van der Waals surface area (Å²) in [5, 5.41) is 0.